The van der Waals surface area contributed by atoms with Crippen molar-refractivity contribution in [2.75, 3.05) is 26.2 Å². The summed E-state index contributed by atoms with van der Waals surface area (Å²) in [5, 5.41) is 1.59. The summed E-state index contributed by atoms with van der Waals surface area (Å²) < 4.78 is 13.8. The third kappa shape index (κ3) is 3.86. The van der Waals surface area contributed by atoms with Crippen LogP contribution >= 0.6 is 11.6 Å². The second kappa shape index (κ2) is 7.86. The molecule has 6 heteroatoms. The van der Waals surface area contributed by atoms with Gasteiger partial charge in [0.15, 0.2) is 0 Å². The van der Waals surface area contributed by atoms with Gasteiger partial charge in [0.1, 0.15) is 11.0 Å². The highest BCUT2D eigenvalue weighted by Gasteiger charge is 2.23. The molecule has 2 heterocycles. The van der Waals surface area contributed by atoms with E-state index in [4.69, 9.17) is 11.6 Å². The van der Waals surface area contributed by atoms with Crippen molar-refractivity contribution in [1.29, 1.82) is 0 Å². The number of piperazine rings is 1. The first kappa shape index (κ1) is 18.8. The third-order valence-corrected chi connectivity index (χ3v) is 5.55. The topological polar surface area (TPSA) is 36.4 Å². The summed E-state index contributed by atoms with van der Waals surface area (Å²) >= 11 is 6.37. The molecule has 4 rings (SSSR count). The molecule has 0 N–H and O–H groups in total. The Labute approximate surface area is 168 Å². The number of benzene rings is 2. The van der Waals surface area contributed by atoms with Crippen molar-refractivity contribution in [3.05, 3.63) is 76.2 Å². The molecule has 0 spiro atoms. The maximum Gasteiger partial charge on any atom is 0.254 e. The first-order valence-corrected chi connectivity index (χ1v) is 9.71. The molecule has 144 valence electrons. The Bertz CT molecular complexity index is 1030. The van der Waals surface area contributed by atoms with Crippen LogP contribution in [0.2, 0.25) is 5.15 Å². The first-order valence-electron chi connectivity index (χ1n) is 9.33. The fourth-order valence-corrected chi connectivity index (χ4v) is 3.71. The molecule has 4 nitrogen and oxygen atoms in total. The van der Waals surface area contributed by atoms with E-state index < -0.39 is 0 Å². The summed E-state index contributed by atoms with van der Waals surface area (Å²) in [7, 11) is 0. The Balaban J connectivity index is 1.41. The third-order valence-electron chi connectivity index (χ3n) is 5.22. The lowest BCUT2D eigenvalue weighted by Gasteiger charge is -2.35. The van der Waals surface area contributed by atoms with Crippen LogP contribution in [-0.4, -0.2) is 46.9 Å². The molecule has 1 amide bonds. The average Bonchev–Trinajstić information content (AvgIpc) is 2.70. The number of aromatic nitrogens is 1. The van der Waals surface area contributed by atoms with Crippen molar-refractivity contribution in [2.45, 2.75) is 13.5 Å². The van der Waals surface area contributed by atoms with Gasteiger partial charge in [-0.15, -0.1) is 0 Å². The van der Waals surface area contributed by atoms with Gasteiger partial charge in [-0.05, 0) is 36.8 Å². The van der Waals surface area contributed by atoms with Crippen LogP contribution in [0.15, 0.2) is 48.5 Å². The summed E-state index contributed by atoms with van der Waals surface area (Å²) in [6, 6.07) is 14.6. The molecular formula is C22H21ClFN3O. The van der Waals surface area contributed by atoms with E-state index in [0.29, 0.717) is 35.9 Å². The lowest BCUT2D eigenvalue weighted by atomic mass is 10.1. The predicted molar refractivity (Wildman–Crippen MR) is 109 cm³/mol. The van der Waals surface area contributed by atoms with Gasteiger partial charge in [-0.2, -0.15) is 0 Å². The number of para-hydroxylation sites is 1. The monoisotopic (exact) mass is 397 g/mol. The summed E-state index contributed by atoms with van der Waals surface area (Å²) in [6.07, 6.45) is 0. The predicted octanol–water partition coefficient (Wildman–Crippen LogP) is 4.29. The van der Waals surface area contributed by atoms with Crippen LogP contribution in [0.3, 0.4) is 0 Å². The summed E-state index contributed by atoms with van der Waals surface area (Å²) in [5.41, 5.74) is 2.82. The molecule has 1 aliphatic rings. The number of amides is 1. The molecular weight excluding hydrogens is 377 g/mol. The number of aryl methyl sites for hydroxylation is 1. The number of carbonyl (C=O) groups is 1. The minimum absolute atomic E-state index is 0.121. The number of hydrogen-bond donors (Lipinski definition) is 0. The standard InChI is InChI=1S/C22H21ClFN3O/c1-15-6-7-17(13-19(15)24)22(28)27-10-8-26(9-11-27)14-18-12-16-4-2-3-5-20(16)25-21(18)23/h2-7,12-13H,8-11,14H2,1H3. The Hall–Kier alpha value is -2.50. The molecule has 1 aromatic heterocycles. The van der Waals surface area contributed by atoms with Crippen LogP contribution in [0.5, 0.6) is 0 Å². The molecule has 1 saturated heterocycles. The molecule has 1 fully saturated rings. The molecule has 2 aromatic carbocycles. The van der Waals surface area contributed by atoms with Crippen molar-refractivity contribution in [3.63, 3.8) is 0 Å². The van der Waals surface area contributed by atoms with Gasteiger partial charge in [-0.25, -0.2) is 9.37 Å². The van der Waals surface area contributed by atoms with Gasteiger partial charge in [-0.3, -0.25) is 9.69 Å². The number of carbonyl (C=O) groups excluding carboxylic acids is 1. The zero-order valence-corrected chi connectivity index (χ0v) is 16.4. The van der Waals surface area contributed by atoms with Gasteiger partial charge < -0.3 is 4.90 Å². The highest BCUT2D eigenvalue weighted by atomic mass is 35.5. The molecule has 0 bridgehead atoms. The lowest BCUT2D eigenvalue weighted by molar-refractivity contribution is 0.0628. The Kier molecular flexibility index (Phi) is 5.29. The second-order valence-electron chi connectivity index (χ2n) is 7.16. The van der Waals surface area contributed by atoms with E-state index in [9.17, 15) is 9.18 Å². The van der Waals surface area contributed by atoms with E-state index in [-0.39, 0.29) is 11.7 Å². The van der Waals surface area contributed by atoms with Gasteiger partial charge in [0.2, 0.25) is 0 Å². The van der Waals surface area contributed by atoms with Gasteiger partial charge in [0.25, 0.3) is 5.91 Å². The summed E-state index contributed by atoms with van der Waals surface area (Å²) in [4.78, 5) is 21.2. The molecule has 0 atom stereocenters. The minimum Gasteiger partial charge on any atom is -0.336 e. The maximum atomic E-state index is 13.8. The quantitative estimate of drug-likeness (QED) is 0.618. The molecule has 0 saturated carbocycles. The molecule has 0 aliphatic carbocycles. The smallest absolute Gasteiger partial charge is 0.254 e. The average molecular weight is 398 g/mol. The Morgan fingerprint density at radius 1 is 1.11 bits per heavy atom. The van der Waals surface area contributed by atoms with Gasteiger partial charge >= 0.3 is 0 Å². The fraction of sp³-hybridized carbons (Fsp3) is 0.273. The van der Waals surface area contributed by atoms with Gasteiger partial charge in [0, 0.05) is 49.2 Å². The lowest BCUT2D eigenvalue weighted by Crippen LogP contribution is -2.48. The SMILES string of the molecule is Cc1ccc(C(=O)N2CCN(Cc3cc4ccccc4nc3Cl)CC2)cc1F. The van der Waals surface area contributed by atoms with E-state index in [0.717, 1.165) is 29.6 Å². The minimum atomic E-state index is -0.345. The maximum absolute atomic E-state index is 13.8. The Morgan fingerprint density at radius 3 is 2.61 bits per heavy atom. The summed E-state index contributed by atoms with van der Waals surface area (Å²) in [5.74, 6) is -0.466. The number of rotatable bonds is 3. The van der Waals surface area contributed by atoms with Crippen LogP contribution < -0.4 is 0 Å². The van der Waals surface area contributed by atoms with Crippen LogP contribution in [0.1, 0.15) is 21.5 Å². The normalized spacial score (nSPS) is 15.2. The zero-order valence-electron chi connectivity index (χ0n) is 15.7. The molecule has 0 radical (unpaired) electrons. The van der Waals surface area contributed by atoms with Crippen LogP contribution in [-0.2, 0) is 6.54 Å². The number of pyridine rings is 1. The number of nitrogens with zero attached hydrogens (tertiary/aromatic N) is 3. The highest BCUT2D eigenvalue weighted by Crippen LogP contribution is 2.22. The van der Waals surface area contributed by atoms with Crippen molar-refractivity contribution >= 4 is 28.4 Å². The van der Waals surface area contributed by atoms with Crippen molar-refractivity contribution in [1.82, 2.24) is 14.8 Å². The second-order valence-corrected chi connectivity index (χ2v) is 7.52. The van der Waals surface area contributed by atoms with E-state index in [1.165, 1.54) is 6.07 Å². The van der Waals surface area contributed by atoms with E-state index >= 15 is 0 Å². The van der Waals surface area contributed by atoms with Crippen LogP contribution in [0.4, 0.5) is 4.39 Å². The number of hydrogen-bond acceptors (Lipinski definition) is 3. The number of fused-ring (bicyclic) bond motifs is 1. The summed E-state index contributed by atoms with van der Waals surface area (Å²) in [6.45, 7) is 5.07. The molecule has 0 unspecified atom stereocenters. The first-order chi connectivity index (χ1) is 13.5. The van der Waals surface area contributed by atoms with E-state index in [1.807, 2.05) is 24.3 Å². The van der Waals surface area contributed by atoms with Gasteiger partial charge in [-0.1, -0.05) is 35.9 Å². The van der Waals surface area contributed by atoms with Crippen molar-refractivity contribution in [3.8, 4) is 0 Å². The van der Waals surface area contributed by atoms with E-state index in [2.05, 4.69) is 16.0 Å². The fourth-order valence-electron chi connectivity index (χ4n) is 3.51. The van der Waals surface area contributed by atoms with Crippen molar-refractivity contribution < 1.29 is 9.18 Å². The Morgan fingerprint density at radius 2 is 1.86 bits per heavy atom. The van der Waals surface area contributed by atoms with Crippen molar-refractivity contribution in [2.24, 2.45) is 0 Å². The molecule has 28 heavy (non-hydrogen) atoms. The van der Waals surface area contributed by atoms with Crippen LogP contribution in [0.25, 0.3) is 10.9 Å². The molecule has 3 aromatic rings. The van der Waals surface area contributed by atoms with E-state index in [1.54, 1.807) is 24.0 Å². The highest BCUT2D eigenvalue weighted by molar-refractivity contribution is 6.30. The number of halogens is 2. The zero-order chi connectivity index (χ0) is 19.7. The van der Waals surface area contributed by atoms with Crippen LogP contribution in [0, 0.1) is 12.7 Å². The molecule has 1 aliphatic heterocycles. The largest absolute Gasteiger partial charge is 0.336 e. The van der Waals surface area contributed by atoms with Gasteiger partial charge in [0.05, 0.1) is 5.52 Å².